The number of carbonyl (C=O) groups excluding carboxylic acids is 1. The molecule has 1 aromatic heterocycles. The zero-order valence-electron chi connectivity index (χ0n) is 12.0. The van der Waals surface area contributed by atoms with E-state index >= 15 is 0 Å². The van der Waals surface area contributed by atoms with Gasteiger partial charge in [0.2, 0.25) is 5.91 Å². The summed E-state index contributed by atoms with van der Waals surface area (Å²) in [5.74, 6) is 0.291. The number of rotatable bonds is 5. The SMILES string of the molecule is CSc1ccc(-c2csc(CCN3CCCC3=O)n2)cc1. The Hall–Kier alpha value is -1.33. The first-order valence-electron chi connectivity index (χ1n) is 7.13. The molecule has 5 heteroatoms. The first-order chi connectivity index (χ1) is 10.3. The molecule has 110 valence electrons. The third kappa shape index (κ3) is 3.47. The van der Waals surface area contributed by atoms with Crippen molar-refractivity contribution >= 4 is 29.0 Å². The fourth-order valence-corrected chi connectivity index (χ4v) is 3.70. The van der Waals surface area contributed by atoms with Crippen LogP contribution < -0.4 is 0 Å². The van der Waals surface area contributed by atoms with Gasteiger partial charge in [0.05, 0.1) is 10.7 Å². The minimum Gasteiger partial charge on any atom is -0.342 e. The van der Waals surface area contributed by atoms with E-state index in [2.05, 4.69) is 35.9 Å². The number of likely N-dealkylation sites (tertiary alicyclic amines) is 1. The molecule has 0 N–H and O–H groups in total. The second kappa shape index (κ2) is 6.62. The summed E-state index contributed by atoms with van der Waals surface area (Å²) in [5, 5.41) is 3.22. The number of carbonyl (C=O) groups is 1. The standard InChI is InChI=1S/C16H18N2OS2/c1-20-13-6-4-12(5-7-13)14-11-21-15(17-14)8-10-18-9-2-3-16(18)19/h4-7,11H,2-3,8-10H2,1H3. The van der Waals surface area contributed by atoms with Gasteiger partial charge in [-0.2, -0.15) is 0 Å². The number of benzene rings is 1. The number of aromatic nitrogens is 1. The monoisotopic (exact) mass is 318 g/mol. The third-order valence-electron chi connectivity index (χ3n) is 3.70. The van der Waals surface area contributed by atoms with Crippen molar-refractivity contribution in [3.8, 4) is 11.3 Å². The van der Waals surface area contributed by atoms with Gasteiger partial charge in [-0.15, -0.1) is 23.1 Å². The fourth-order valence-electron chi connectivity index (χ4n) is 2.49. The number of amides is 1. The van der Waals surface area contributed by atoms with Crippen molar-refractivity contribution in [2.24, 2.45) is 0 Å². The second-order valence-electron chi connectivity index (χ2n) is 5.09. The molecule has 1 amide bonds. The van der Waals surface area contributed by atoms with Crippen LogP contribution in [0.15, 0.2) is 34.5 Å². The highest BCUT2D eigenvalue weighted by Gasteiger charge is 2.19. The number of hydrogen-bond donors (Lipinski definition) is 0. The minimum absolute atomic E-state index is 0.291. The van der Waals surface area contributed by atoms with Crippen molar-refractivity contribution in [2.45, 2.75) is 24.2 Å². The Kier molecular flexibility index (Phi) is 4.60. The number of thioether (sulfide) groups is 1. The molecule has 0 spiro atoms. The molecule has 0 unspecified atom stereocenters. The Morgan fingerprint density at radius 2 is 2.14 bits per heavy atom. The average molecular weight is 318 g/mol. The van der Waals surface area contributed by atoms with Gasteiger partial charge in [-0.25, -0.2) is 4.98 Å². The van der Waals surface area contributed by atoms with E-state index in [9.17, 15) is 4.79 Å². The molecule has 2 heterocycles. The Morgan fingerprint density at radius 3 is 2.81 bits per heavy atom. The Balaban J connectivity index is 1.63. The van der Waals surface area contributed by atoms with Gasteiger partial charge >= 0.3 is 0 Å². The minimum atomic E-state index is 0.291. The lowest BCUT2D eigenvalue weighted by Crippen LogP contribution is -2.26. The summed E-state index contributed by atoms with van der Waals surface area (Å²) in [6.07, 6.45) is 4.66. The molecule has 0 aliphatic carbocycles. The van der Waals surface area contributed by atoms with Crippen LogP contribution in [0.2, 0.25) is 0 Å². The van der Waals surface area contributed by atoms with Crippen molar-refractivity contribution < 1.29 is 4.79 Å². The van der Waals surface area contributed by atoms with Crippen molar-refractivity contribution in [1.82, 2.24) is 9.88 Å². The van der Waals surface area contributed by atoms with Gasteiger partial charge in [0.15, 0.2) is 0 Å². The van der Waals surface area contributed by atoms with Gasteiger partial charge in [0.1, 0.15) is 0 Å². The van der Waals surface area contributed by atoms with Crippen LogP contribution >= 0.6 is 23.1 Å². The summed E-state index contributed by atoms with van der Waals surface area (Å²) in [7, 11) is 0. The molecule has 0 radical (unpaired) electrons. The zero-order chi connectivity index (χ0) is 14.7. The molecule has 2 aromatic rings. The predicted molar refractivity (Wildman–Crippen MR) is 88.8 cm³/mol. The summed E-state index contributed by atoms with van der Waals surface area (Å²) >= 11 is 3.43. The molecule has 1 fully saturated rings. The van der Waals surface area contributed by atoms with E-state index in [1.54, 1.807) is 23.1 Å². The molecule has 1 aliphatic rings. The van der Waals surface area contributed by atoms with E-state index in [1.807, 2.05) is 4.90 Å². The van der Waals surface area contributed by atoms with Crippen molar-refractivity contribution in [2.75, 3.05) is 19.3 Å². The first kappa shape index (κ1) is 14.6. The summed E-state index contributed by atoms with van der Waals surface area (Å²) in [6.45, 7) is 1.71. The van der Waals surface area contributed by atoms with E-state index in [1.165, 1.54) is 4.90 Å². The molecular weight excluding hydrogens is 300 g/mol. The van der Waals surface area contributed by atoms with Crippen LogP contribution in [0.5, 0.6) is 0 Å². The van der Waals surface area contributed by atoms with E-state index in [4.69, 9.17) is 4.98 Å². The Bertz CT molecular complexity index is 621. The molecule has 21 heavy (non-hydrogen) atoms. The summed E-state index contributed by atoms with van der Waals surface area (Å²) in [6, 6.07) is 8.49. The molecule has 1 saturated heterocycles. The molecule has 0 bridgehead atoms. The normalized spacial score (nSPS) is 14.9. The van der Waals surface area contributed by atoms with Crippen LogP contribution in [0.1, 0.15) is 17.8 Å². The summed E-state index contributed by atoms with van der Waals surface area (Å²) in [5.41, 5.74) is 2.20. The average Bonchev–Trinajstić information content (AvgIpc) is 3.14. The largest absolute Gasteiger partial charge is 0.342 e. The lowest BCUT2D eigenvalue weighted by Gasteiger charge is -2.13. The first-order valence-corrected chi connectivity index (χ1v) is 9.23. The molecule has 3 nitrogen and oxygen atoms in total. The molecule has 0 atom stereocenters. The number of thiazole rings is 1. The van der Waals surface area contributed by atoms with Crippen LogP contribution in [0.3, 0.4) is 0 Å². The van der Waals surface area contributed by atoms with Crippen LogP contribution in [0.25, 0.3) is 11.3 Å². The van der Waals surface area contributed by atoms with Gasteiger partial charge in [-0.05, 0) is 24.8 Å². The Labute approximate surface area is 133 Å². The topological polar surface area (TPSA) is 33.2 Å². The molecule has 0 saturated carbocycles. The van der Waals surface area contributed by atoms with Gasteiger partial charge in [0, 0.05) is 41.8 Å². The van der Waals surface area contributed by atoms with Crippen LogP contribution in [-0.4, -0.2) is 35.1 Å². The van der Waals surface area contributed by atoms with Crippen LogP contribution in [0.4, 0.5) is 0 Å². The van der Waals surface area contributed by atoms with E-state index in [0.29, 0.717) is 12.3 Å². The zero-order valence-corrected chi connectivity index (χ0v) is 13.7. The van der Waals surface area contributed by atoms with Crippen LogP contribution in [-0.2, 0) is 11.2 Å². The number of hydrogen-bond acceptors (Lipinski definition) is 4. The van der Waals surface area contributed by atoms with Crippen molar-refractivity contribution in [3.05, 3.63) is 34.7 Å². The third-order valence-corrected chi connectivity index (χ3v) is 5.36. The molecule has 3 rings (SSSR count). The van der Waals surface area contributed by atoms with E-state index in [-0.39, 0.29) is 0 Å². The summed E-state index contributed by atoms with van der Waals surface area (Å²) < 4.78 is 0. The quantitative estimate of drug-likeness (QED) is 0.788. The van der Waals surface area contributed by atoms with E-state index < -0.39 is 0 Å². The highest BCUT2D eigenvalue weighted by Crippen LogP contribution is 2.25. The lowest BCUT2D eigenvalue weighted by atomic mass is 10.2. The Morgan fingerprint density at radius 1 is 1.33 bits per heavy atom. The second-order valence-corrected chi connectivity index (χ2v) is 6.91. The van der Waals surface area contributed by atoms with Crippen LogP contribution in [0, 0.1) is 0 Å². The molecule has 1 aliphatic heterocycles. The maximum atomic E-state index is 11.6. The van der Waals surface area contributed by atoms with Crippen molar-refractivity contribution in [1.29, 1.82) is 0 Å². The summed E-state index contributed by atoms with van der Waals surface area (Å²) in [4.78, 5) is 19.5. The van der Waals surface area contributed by atoms with Gasteiger partial charge in [-0.1, -0.05) is 12.1 Å². The predicted octanol–water partition coefficient (Wildman–Crippen LogP) is 3.70. The van der Waals surface area contributed by atoms with Gasteiger partial charge in [0.25, 0.3) is 0 Å². The molecular formula is C16H18N2OS2. The van der Waals surface area contributed by atoms with E-state index in [0.717, 1.165) is 42.2 Å². The van der Waals surface area contributed by atoms with Crippen molar-refractivity contribution in [3.63, 3.8) is 0 Å². The fraction of sp³-hybridized carbons (Fsp3) is 0.375. The number of nitrogens with zero attached hydrogens (tertiary/aromatic N) is 2. The lowest BCUT2D eigenvalue weighted by molar-refractivity contribution is -0.127. The van der Waals surface area contributed by atoms with Gasteiger partial charge in [-0.3, -0.25) is 4.79 Å². The molecule has 1 aromatic carbocycles. The smallest absolute Gasteiger partial charge is 0.222 e. The maximum Gasteiger partial charge on any atom is 0.222 e. The van der Waals surface area contributed by atoms with Gasteiger partial charge < -0.3 is 4.90 Å². The highest BCUT2D eigenvalue weighted by molar-refractivity contribution is 7.98. The highest BCUT2D eigenvalue weighted by atomic mass is 32.2. The maximum absolute atomic E-state index is 11.6.